The molecule has 0 radical (unpaired) electrons. The van der Waals surface area contributed by atoms with Gasteiger partial charge in [0.1, 0.15) is 0 Å². The minimum absolute atomic E-state index is 0.262. The summed E-state index contributed by atoms with van der Waals surface area (Å²) < 4.78 is 15.7. The van der Waals surface area contributed by atoms with E-state index in [4.69, 9.17) is 25.8 Å². The summed E-state index contributed by atoms with van der Waals surface area (Å²) in [6.07, 6.45) is 1.27. The van der Waals surface area contributed by atoms with Crippen LogP contribution in [-0.2, 0) is 11.2 Å². The van der Waals surface area contributed by atoms with Crippen LogP contribution in [0.25, 0.3) is 0 Å². The summed E-state index contributed by atoms with van der Waals surface area (Å²) in [7, 11) is 0. The molecule has 0 amide bonds. The van der Waals surface area contributed by atoms with E-state index in [9.17, 15) is 0 Å². The first-order valence-electron chi connectivity index (χ1n) is 4.52. The summed E-state index contributed by atoms with van der Waals surface area (Å²) in [5.74, 6) is 1.40. The van der Waals surface area contributed by atoms with Crippen LogP contribution in [0.4, 0.5) is 0 Å². The smallest absolute Gasteiger partial charge is 0.231 e. The van der Waals surface area contributed by atoms with Gasteiger partial charge in [0, 0.05) is 6.42 Å². The summed E-state index contributed by atoms with van der Waals surface area (Å²) in [6.45, 7) is 1.12. The van der Waals surface area contributed by atoms with E-state index >= 15 is 0 Å². The van der Waals surface area contributed by atoms with Crippen LogP contribution in [0.5, 0.6) is 11.5 Å². The van der Waals surface area contributed by atoms with Crippen molar-refractivity contribution in [3.63, 3.8) is 0 Å². The van der Waals surface area contributed by atoms with Gasteiger partial charge in [0.05, 0.1) is 17.7 Å². The lowest BCUT2D eigenvalue weighted by Crippen LogP contribution is -1.93. The van der Waals surface area contributed by atoms with E-state index in [1.165, 1.54) is 0 Å². The van der Waals surface area contributed by atoms with Gasteiger partial charge >= 0.3 is 0 Å². The number of fused-ring (bicyclic) bond motifs is 1. The fourth-order valence-corrected chi connectivity index (χ4v) is 1.88. The Hall–Kier alpha value is -0.930. The zero-order valence-electron chi connectivity index (χ0n) is 7.46. The number of halogens is 1. The molecule has 1 atom stereocenters. The van der Waals surface area contributed by atoms with Crippen molar-refractivity contribution in [3.8, 4) is 11.5 Å². The Morgan fingerprint density at radius 1 is 1.36 bits per heavy atom. The van der Waals surface area contributed by atoms with E-state index in [2.05, 4.69) is 0 Å². The molecule has 0 saturated carbocycles. The zero-order chi connectivity index (χ0) is 9.54. The van der Waals surface area contributed by atoms with E-state index in [0.717, 1.165) is 24.3 Å². The molecule has 1 unspecified atom stereocenters. The molecule has 74 valence electrons. The van der Waals surface area contributed by atoms with E-state index < -0.39 is 0 Å². The zero-order valence-corrected chi connectivity index (χ0v) is 8.21. The normalized spacial score (nSPS) is 22.5. The summed E-state index contributed by atoms with van der Waals surface area (Å²) in [5.41, 5.74) is 1.14. The van der Waals surface area contributed by atoms with Crippen molar-refractivity contribution >= 4 is 11.6 Å². The average molecular weight is 213 g/mol. The van der Waals surface area contributed by atoms with Crippen molar-refractivity contribution in [1.29, 1.82) is 0 Å². The van der Waals surface area contributed by atoms with Gasteiger partial charge in [0.15, 0.2) is 11.5 Å². The molecule has 1 saturated heterocycles. The molecule has 0 spiro atoms. The monoisotopic (exact) mass is 212 g/mol. The van der Waals surface area contributed by atoms with Gasteiger partial charge in [-0.2, -0.15) is 0 Å². The molecular formula is C10H9ClO3. The highest BCUT2D eigenvalue weighted by molar-refractivity contribution is 6.32. The van der Waals surface area contributed by atoms with E-state index in [1.54, 1.807) is 0 Å². The van der Waals surface area contributed by atoms with Crippen LogP contribution in [0.1, 0.15) is 5.56 Å². The van der Waals surface area contributed by atoms with Gasteiger partial charge in [0.25, 0.3) is 0 Å². The van der Waals surface area contributed by atoms with Crippen molar-refractivity contribution in [2.75, 3.05) is 13.4 Å². The molecule has 0 aliphatic carbocycles. The van der Waals surface area contributed by atoms with Gasteiger partial charge in [0.2, 0.25) is 6.79 Å². The van der Waals surface area contributed by atoms with Crippen LogP contribution in [-0.4, -0.2) is 19.5 Å². The highest BCUT2D eigenvalue weighted by Crippen LogP contribution is 2.40. The van der Waals surface area contributed by atoms with Crippen LogP contribution >= 0.6 is 11.6 Å². The fourth-order valence-electron chi connectivity index (χ4n) is 1.59. The third kappa shape index (κ3) is 1.42. The highest BCUT2D eigenvalue weighted by Gasteiger charge is 2.25. The molecule has 1 fully saturated rings. The Labute approximate surface area is 86.5 Å². The molecule has 2 heterocycles. The van der Waals surface area contributed by atoms with Crippen molar-refractivity contribution < 1.29 is 14.2 Å². The Bertz CT molecular complexity index is 374. The predicted molar refractivity (Wildman–Crippen MR) is 51.0 cm³/mol. The van der Waals surface area contributed by atoms with Crippen molar-refractivity contribution in [1.82, 2.24) is 0 Å². The van der Waals surface area contributed by atoms with Crippen LogP contribution < -0.4 is 9.47 Å². The molecular weight excluding hydrogens is 204 g/mol. The summed E-state index contributed by atoms with van der Waals surface area (Å²) >= 11 is 6.03. The Morgan fingerprint density at radius 2 is 2.21 bits per heavy atom. The number of benzene rings is 1. The third-order valence-corrected chi connectivity index (χ3v) is 2.63. The number of epoxide rings is 1. The van der Waals surface area contributed by atoms with Gasteiger partial charge in [-0.25, -0.2) is 0 Å². The number of hydrogen-bond acceptors (Lipinski definition) is 3. The highest BCUT2D eigenvalue weighted by atomic mass is 35.5. The van der Waals surface area contributed by atoms with E-state index in [-0.39, 0.29) is 6.79 Å². The minimum atomic E-state index is 0.262. The van der Waals surface area contributed by atoms with Gasteiger partial charge < -0.3 is 14.2 Å². The predicted octanol–water partition coefficient (Wildman–Crippen LogP) is 2.01. The van der Waals surface area contributed by atoms with Crippen LogP contribution in [0, 0.1) is 0 Å². The fraction of sp³-hybridized carbons (Fsp3) is 0.400. The van der Waals surface area contributed by atoms with E-state index in [1.807, 2.05) is 12.1 Å². The second-order valence-corrected chi connectivity index (χ2v) is 3.88. The molecule has 1 aromatic carbocycles. The maximum atomic E-state index is 6.03. The van der Waals surface area contributed by atoms with Gasteiger partial charge in [-0.15, -0.1) is 0 Å². The number of rotatable bonds is 2. The summed E-state index contributed by atoms with van der Waals surface area (Å²) in [5, 5.41) is 0.621. The lowest BCUT2D eigenvalue weighted by Gasteiger charge is -2.02. The second-order valence-electron chi connectivity index (χ2n) is 3.47. The van der Waals surface area contributed by atoms with Crippen molar-refractivity contribution in [2.45, 2.75) is 12.5 Å². The van der Waals surface area contributed by atoms with E-state index in [0.29, 0.717) is 16.9 Å². The van der Waals surface area contributed by atoms with Gasteiger partial charge in [-0.1, -0.05) is 11.6 Å². The molecule has 1 aromatic rings. The quantitative estimate of drug-likeness (QED) is 0.703. The second kappa shape index (κ2) is 3.04. The van der Waals surface area contributed by atoms with Gasteiger partial charge in [-0.05, 0) is 17.7 Å². The topological polar surface area (TPSA) is 31.0 Å². The number of hydrogen-bond donors (Lipinski definition) is 0. The first kappa shape index (κ1) is 8.38. The number of ether oxygens (including phenoxy) is 3. The molecule has 2 aliphatic rings. The molecule has 14 heavy (non-hydrogen) atoms. The Kier molecular flexibility index (Phi) is 1.82. The molecule has 0 N–H and O–H groups in total. The summed E-state index contributed by atoms with van der Waals surface area (Å²) in [4.78, 5) is 0. The average Bonchev–Trinajstić information content (AvgIpc) is 2.82. The van der Waals surface area contributed by atoms with Crippen molar-refractivity contribution in [2.24, 2.45) is 0 Å². The standard InChI is InChI=1S/C10H9ClO3/c11-8-2-6(1-7-4-12-7)3-9-10(8)14-5-13-9/h2-3,7H,1,4-5H2. The third-order valence-electron chi connectivity index (χ3n) is 2.35. The molecule has 3 nitrogen and oxygen atoms in total. The SMILES string of the molecule is Clc1cc(CC2CO2)cc2c1OCO2. The van der Waals surface area contributed by atoms with Gasteiger partial charge in [-0.3, -0.25) is 0 Å². The molecule has 3 rings (SSSR count). The first-order valence-corrected chi connectivity index (χ1v) is 4.90. The Morgan fingerprint density at radius 3 is 3.00 bits per heavy atom. The molecule has 0 bridgehead atoms. The van der Waals surface area contributed by atoms with Crippen LogP contribution in [0.3, 0.4) is 0 Å². The molecule has 0 aromatic heterocycles. The molecule has 2 aliphatic heterocycles. The maximum absolute atomic E-state index is 6.03. The minimum Gasteiger partial charge on any atom is -0.454 e. The maximum Gasteiger partial charge on any atom is 0.231 e. The lowest BCUT2D eigenvalue weighted by molar-refractivity contribution is 0.174. The van der Waals surface area contributed by atoms with Crippen LogP contribution in [0.2, 0.25) is 5.02 Å². The summed E-state index contributed by atoms with van der Waals surface area (Å²) in [6, 6.07) is 3.88. The largest absolute Gasteiger partial charge is 0.454 e. The first-order chi connectivity index (χ1) is 6.83. The Balaban J connectivity index is 1.94. The molecule has 4 heteroatoms. The van der Waals surface area contributed by atoms with Crippen LogP contribution in [0.15, 0.2) is 12.1 Å². The van der Waals surface area contributed by atoms with Crippen molar-refractivity contribution in [3.05, 3.63) is 22.7 Å². The lowest BCUT2D eigenvalue weighted by atomic mass is 10.1.